The zero-order chi connectivity index (χ0) is 22.4. The molecular weight excluding hydrogens is 384 g/mol. The lowest BCUT2D eigenvalue weighted by atomic mass is 9.97. The average Bonchev–Trinajstić information content (AvgIpc) is 3.56. The van der Waals surface area contributed by atoms with Crippen LogP contribution in [-0.4, -0.2) is 41.6 Å². The fraction of sp³-hybridized carbons (Fsp3) is 0.400. The van der Waals surface area contributed by atoms with E-state index in [1.54, 1.807) is 13.1 Å². The Labute approximate surface area is 185 Å². The highest BCUT2D eigenvalue weighted by molar-refractivity contribution is 6.06. The first-order valence-electron chi connectivity index (χ1n) is 10.8. The summed E-state index contributed by atoms with van der Waals surface area (Å²) in [6.07, 6.45) is 12.9. The first kappa shape index (κ1) is 22.4. The minimum Gasteiger partial charge on any atom is -0.398 e. The van der Waals surface area contributed by atoms with Crippen molar-refractivity contribution in [1.82, 2.24) is 4.90 Å². The van der Waals surface area contributed by atoms with Gasteiger partial charge in [0.05, 0.1) is 18.1 Å². The molecule has 0 aromatic heterocycles. The third kappa shape index (κ3) is 5.05. The number of aliphatic imine (C=N–C) groups is 2. The molecular formula is C25H32N6. The monoisotopic (exact) mass is 416 g/mol. The smallest absolute Gasteiger partial charge is 0.179 e. The number of benzene rings is 1. The molecule has 1 aliphatic carbocycles. The van der Waals surface area contributed by atoms with Crippen LogP contribution in [0.15, 0.2) is 64.6 Å². The summed E-state index contributed by atoms with van der Waals surface area (Å²) in [6.45, 7) is 6.49. The molecule has 1 aliphatic heterocycles. The van der Waals surface area contributed by atoms with Gasteiger partial charge in [-0.05, 0) is 49.8 Å². The number of likely N-dealkylation sites (tertiary alicyclic amines) is 1. The van der Waals surface area contributed by atoms with Crippen molar-refractivity contribution in [3.8, 4) is 6.19 Å². The van der Waals surface area contributed by atoms with Crippen LogP contribution in [0.5, 0.6) is 0 Å². The maximum Gasteiger partial charge on any atom is 0.179 e. The Morgan fingerprint density at radius 1 is 1.29 bits per heavy atom. The van der Waals surface area contributed by atoms with Gasteiger partial charge in [-0.25, -0.2) is 0 Å². The molecule has 162 valence electrons. The standard InChI is InChI=1S/C25H32N6/c1-4-6-20(29-3)15-18-7-9-19(10-8-18)23(27)22(5-2)24(28)30-21-11-12-25(13-14-25)31(16-21)17-26/h4-10,21H,2,11-16,27H2,1,3H3,(H2,28,30)/b6-4-,23-22?,29-20?. The van der Waals surface area contributed by atoms with Gasteiger partial charge in [0.25, 0.3) is 0 Å². The number of rotatable bonds is 7. The maximum atomic E-state index is 9.47. The van der Waals surface area contributed by atoms with Gasteiger partial charge in [-0.15, -0.1) is 0 Å². The van der Waals surface area contributed by atoms with Gasteiger partial charge in [0.2, 0.25) is 0 Å². The van der Waals surface area contributed by atoms with Gasteiger partial charge in [-0.1, -0.05) is 43.0 Å². The molecule has 1 aromatic carbocycles. The fourth-order valence-electron chi connectivity index (χ4n) is 4.17. The number of hydrogen-bond donors (Lipinski definition) is 2. The highest BCUT2D eigenvalue weighted by Crippen LogP contribution is 2.48. The molecule has 1 spiro atoms. The van der Waals surface area contributed by atoms with Gasteiger partial charge in [0, 0.05) is 30.5 Å². The Morgan fingerprint density at radius 2 is 2.00 bits per heavy atom. The lowest BCUT2D eigenvalue weighted by molar-refractivity contribution is 0.186. The number of piperidine rings is 1. The van der Waals surface area contributed by atoms with Gasteiger partial charge in [0.1, 0.15) is 5.84 Å². The van der Waals surface area contributed by atoms with E-state index in [1.807, 2.05) is 48.2 Å². The zero-order valence-electron chi connectivity index (χ0n) is 18.5. The lowest BCUT2D eigenvalue weighted by Gasteiger charge is -2.35. The van der Waals surface area contributed by atoms with E-state index in [1.165, 1.54) is 0 Å². The molecule has 3 rings (SSSR count). The van der Waals surface area contributed by atoms with E-state index in [9.17, 15) is 5.26 Å². The first-order valence-corrected chi connectivity index (χ1v) is 10.8. The van der Waals surface area contributed by atoms with E-state index >= 15 is 0 Å². The second-order valence-corrected chi connectivity index (χ2v) is 8.26. The largest absolute Gasteiger partial charge is 0.398 e. The number of allylic oxidation sites excluding steroid dienone is 2. The number of amidine groups is 1. The number of nitrogens with zero attached hydrogens (tertiary/aromatic N) is 4. The van der Waals surface area contributed by atoms with Gasteiger partial charge < -0.3 is 16.4 Å². The van der Waals surface area contributed by atoms with Crippen molar-refractivity contribution in [2.24, 2.45) is 21.5 Å². The van der Waals surface area contributed by atoms with Crippen LogP contribution in [0.3, 0.4) is 0 Å². The van der Waals surface area contributed by atoms with Crippen LogP contribution >= 0.6 is 0 Å². The second-order valence-electron chi connectivity index (χ2n) is 8.26. The van der Waals surface area contributed by atoms with Gasteiger partial charge >= 0.3 is 0 Å². The van der Waals surface area contributed by atoms with E-state index in [0.29, 0.717) is 23.7 Å². The second kappa shape index (κ2) is 9.65. The van der Waals surface area contributed by atoms with Crippen LogP contribution in [0.4, 0.5) is 0 Å². The fourth-order valence-corrected chi connectivity index (χ4v) is 4.17. The summed E-state index contributed by atoms with van der Waals surface area (Å²) >= 11 is 0. The summed E-state index contributed by atoms with van der Waals surface area (Å²) in [5.74, 6) is 0.375. The van der Waals surface area contributed by atoms with Crippen LogP contribution in [0, 0.1) is 11.5 Å². The topological polar surface area (TPSA) is 104 Å². The van der Waals surface area contributed by atoms with E-state index in [2.05, 4.69) is 17.8 Å². The van der Waals surface area contributed by atoms with Crippen LogP contribution in [0.25, 0.3) is 5.70 Å². The van der Waals surface area contributed by atoms with Crippen molar-refractivity contribution in [3.63, 3.8) is 0 Å². The molecule has 6 heteroatoms. The molecule has 1 aromatic rings. The van der Waals surface area contributed by atoms with Crippen molar-refractivity contribution in [1.29, 1.82) is 5.26 Å². The van der Waals surface area contributed by atoms with E-state index in [0.717, 1.165) is 48.9 Å². The zero-order valence-corrected chi connectivity index (χ0v) is 18.5. The molecule has 1 heterocycles. The third-order valence-electron chi connectivity index (χ3n) is 6.25. The molecule has 1 unspecified atom stereocenters. The summed E-state index contributed by atoms with van der Waals surface area (Å²) in [5.41, 5.74) is 17.1. The number of hydrogen-bond acceptors (Lipinski definition) is 5. The Kier molecular flexibility index (Phi) is 6.96. The van der Waals surface area contributed by atoms with Crippen molar-refractivity contribution in [3.05, 3.63) is 65.8 Å². The molecule has 2 fully saturated rings. The molecule has 31 heavy (non-hydrogen) atoms. The van der Waals surface area contributed by atoms with Gasteiger partial charge in [0.15, 0.2) is 6.19 Å². The van der Waals surface area contributed by atoms with E-state index in [-0.39, 0.29) is 11.6 Å². The van der Waals surface area contributed by atoms with Crippen LogP contribution in [0.1, 0.15) is 43.7 Å². The molecule has 0 radical (unpaired) electrons. The first-order chi connectivity index (χ1) is 15.0. The normalized spacial score (nSPS) is 21.7. The van der Waals surface area contributed by atoms with Gasteiger partial charge in [-0.2, -0.15) is 5.26 Å². The average molecular weight is 417 g/mol. The van der Waals surface area contributed by atoms with Crippen molar-refractivity contribution >= 4 is 17.2 Å². The summed E-state index contributed by atoms with van der Waals surface area (Å²) in [6, 6.07) is 8.06. The molecule has 1 atom stereocenters. The van der Waals surface area contributed by atoms with Crippen LogP contribution < -0.4 is 11.5 Å². The predicted molar refractivity (Wildman–Crippen MR) is 129 cm³/mol. The Hall–Kier alpha value is -3.33. The number of nitriles is 1. The van der Waals surface area contributed by atoms with Crippen molar-refractivity contribution < 1.29 is 0 Å². The van der Waals surface area contributed by atoms with Crippen LogP contribution in [0.2, 0.25) is 0 Å². The van der Waals surface area contributed by atoms with E-state index < -0.39 is 0 Å². The minimum absolute atomic E-state index is 0.00521. The quantitative estimate of drug-likeness (QED) is 0.307. The summed E-state index contributed by atoms with van der Waals surface area (Å²) < 4.78 is 0. The van der Waals surface area contributed by atoms with Crippen molar-refractivity contribution in [2.45, 2.75) is 50.6 Å². The van der Waals surface area contributed by atoms with Gasteiger partial charge in [-0.3, -0.25) is 9.98 Å². The third-order valence-corrected chi connectivity index (χ3v) is 6.25. The molecule has 0 amide bonds. The minimum atomic E-state index is -0.00521. The lowest BCUT2D eigenvalue weighted by Crippen LogP contribution is -2.44. The highest BCUT2D eigenvalue weighted by Gasteiger charge is 2.50. The molecule has 6 nitrogen and oxygen atoms in total. The van der Waals surface area contributed by atoms with E-state index in [4.69, 9.17) is 16.5 Å². The molecule has 2 aliphatic rings. The summed E-state index contributed by atoms with van der Waals surface area (Å²) in [7, 11) is 1.80. The SMILES string of the molecule is C=CC(C(N)=NC1CCC2(CC2)N(C#N)C1)=C(N)c1ccc(CC(/C=C\C)=NC)cc1. The molecule has 4 N–H and O–H groups in total. The Bertz CT molecular complexity index is 970. The number of nitrogens with two attached hydrogens (primary N) is 2. The van der Waals surface area contributed by atoms with Crippen molar-refractivity contribution in [2.75, 3.05) is 13.6 Å². The summed E-state index contributed by atoms with van der Waals surface area (Å²) in [4.78, 5) is 10.9. The Morgan fingerprint density at radius 3 is 2.55 bits per heavy atom. The molecule has 1 saturated heterocycles. The molecule has 1 saturated carbocycles. The summed E-state index contributed by atoms with van der Waals surface area (Å²) in [5, 5.41) is 9.47. The molecule has 0 bridgehead atoms. The highest BCUT2D eigenvalue weighted by atomic mass is 15.2. The maximum absolute atomic E-state index is 9.47. The predicted octanol–water partition coefficient (Wildman–Crippen LogP) is 3.57. The van der Waals surface area contributed by atoms with Crippen LogP contribution in [-0.2, 0) is 6.42 Å². The Balaban J connectivity index is 1.76.